The van der Waals surface area contributed by atoms with Crippen LogP contribution in [0.3, 0.4) is 0 Å². The number of ether oxygens (including phenoxy) is 2. The molecule has 25 heavy (non-hydrogen) atoms. The quantitative estimate of drug-likeness (QED) is 0.528. The van der Waals surface area contributed by atoms with Crippen molar-refractivity contribution < 1.29 is 23.2 Å². The van der Waals surface area contributed by atoms with Gasteiger partial charge in [0.05, 0.1) is 11.2 Å². The highest BCUT2D eigenvalue weighted by atomic mass is 19.1. The molecule has 1 aliphatic heterocycles. The lowest BCUT2D eigenvalue weighted by atomic mass is 9.87. The molecule has 1 aliphatic rings. The molecule has 0 aliphatic carbocycles. The Labute approximate surface area is 150 Å². The maximum atomic E-state index is 14.5. The predicted molar refractivity (Wildman–Crippen MR) is 97.6 cm³/mol. The maximum Gasteiger partial charge on any atom is 0.525 e. The van der Waals surface area contributed by atoms with Crippen LogP contribution in [0.1, 0.15) is 59.0 Å². The lowest BCUT2D eigenvalue weighted by Crippen LogP contribution is -2.41. The van der Waals surface area contributed by atoms with Gasteiger partial charge in [0.25, 0.3) is 0 Å². The molecule has 6 heteroatoms. The summed E-state index contributed by atoms with van der Waals surface area (Å²) in [7, 11) is -0.982. The summed E-state index contributed by atoms with van der Waals surface area (Å²) in [5, 5.41) is 0. The number of rotatable bonds is 7. The van der Waals surface area contributed by atoms with Gasteiger partial charge in [0, 0.05) is 18.8 Å². The van der Waals surface area contributed by atoms with Crippen molar-refractivity contribution in [2.75, 3.05) is 13.2 Å². The summed E-state index contributed by atoms with van der Waals surface area (Å²) in [5.41, 5.74) is 0.0567. The second kappa shape index (κ2) is 8.00. The molecule has 1 saturated heterocycles. The zero-order valence-corrected chi connectivity index (χ0v) is 16.0. The van der Waals surface area contributed by atoms with E-state index >= 15 is 0 Å². The van der Waals surface area contributed by atoms with Crippen LogP contribution in [0.4, 0.5) is 4.39 Å². The number of hydrogen-bond donors (Lipinski definition) is 0. The van der Waals surface area contributed by atoms with Crippen LogP contribution in [0.25, 0.3) is 6.08 Å². The van der Waals surface area contributed by atoms with Crippen molar-refractivity contribution in [1.29, 1.82) is 0 Å². The van der Waals surface area contributed by atoms with E-state index in [0.29, 0.717) is 13.2 Å². The molecule has 1 aromatic carbocycles. The standard InChI is InChI=1S/C19H28BFO4/c1-7-22-17(23-8-2)15-11-9-14(10-12-15)13-16(21)20-24-18(3,4)19(5,6)25-20/h9-13,17H,7-8H2,1-6H3. The SMILES string of the molecule is CCOC(OCC)c1ccc(C=C(F)B2OC(C)(C)C(C)(C)O2)cc1. The summed E-state index contributed by atoms with van der Waals surface area (Å²) < 4.78 is 37.1. The molecule has 0 saturated carbocycles. The number of halogens is 1. The largest absolute Gasteiger partial charge is 0.525 e. The van der Waals surface area contributed by atoms with E-state index in [4.69, 9.17) is 18.8 Å². The van der Waals surface area contributed by atoms with Crippen molar-refractivity contribution in [3.8, 4) is 0 Å². The van der Waals surface area contributed by atoms with Crippen molar-refractivity contribution in [3.05, 3.63) is 41.1 Å². The Morgan fingerprint density at radius 2 is 1.52 bits per heavy atom. The highest BCUT2D eigenvalue weighted by Crippen LogP contribution is 2.39. The molecular formula is C19H28BFO4. The predicted octanol–water partition coefficient (Wildman–Crippen LogP) is 4.70. The first-order valence-corrected chi connectivity index (χ1v) is 8.76. The van der Waals surface area contributed by atoms with Gasteiger partial charge in [0.1, 0.15) is 5.73 Å². The molecule has 1 heterocycles. The van der Waals surface area contributed by atoms with Gasteiger partial charge in [-0.05, 0) is 53.2 Å². The van der Waals surface area contributed by atoms with Crippen molar-refractivity contribution >= 4 is 13.2 Å². The highest BCUT2D eigenvalue weighted by molar-refractivity contribution is 6.54. The van der Waals surface area contributed by atoms with E-state index < -0.39 is 30.3 Å². The molecule has 0 amide bonds. The lowest BCUT2D eigenvalue weighted by Gasteiger charge is -2.32. The first kappa shape index (κ1) is 20.1. The molecule has 0 unspecified atom stereocenters. The van der Waals surface area contributed by atoms with Gasteiger partial charge in [-0.3, -0.25) is 0 Å². The summed E-state index contributed by atoms with van der Waals surface area (Å²) in [6.07, 6.45) is 1.03. The van der Waals surface area contributed by atoms with Gasteiger partial charge in [-0.2, -0.15) is 0 Å². The Kier molecular flexibility index (Phi) is 6.43. The van der Waals surface area contributed by atoms with Crippen LogP contribution < -0.4 is 0 Å². The Morgan fingerprint density at radius 3 is 1.96 bits per heavy atom. The molecule has 0 atom stereocenters. The summed E-state index contributed by atoms with van der Waals surface area (Å²) in [6.45, 7) is 12.6. The third-order valence-corrected chi connectivity index (χ3v) is 4.63. The van der Waals surface area contributed by atoms with Crippen LogP contribution in [0.5, 0.6) is 0 Å². The van der Waals surface area contributed by atoms with Crippen LogP contribution in [0, 0.1) is 0 Å². The van der Waals surface area contributed by atoms with Gasteiger partial charge in [-0.25, -0.2) is 4.39 Å². The Balaban J connectivity index is 2.11. The van der Waals surface area contributed by atoms with Crippen LogP contribution in [-0.4, -0.2) is 31.5 Å². The summed E-state index contributed by atoms with van der Waals surface area (Å²) >= 11 is 0. The minimum atomic E-state index is -0.982. The molecule has 0 bridgehead atoms. The smallest absolute Gasteiger partial charge is 0.398 e. The van der Waals surface area contributed by atoms with E-state index in [-0.39, 0.29) is 0 Å². The maximum absolute atomic E-state index is 14.5. The fourth-order valence-electron chi connectivity index (χ4n) is 2.48. The fourth-order valence-corrected chi connectivity index (χ4v) is 2.48. The zero-order valence-electron chi connectivity index (χ0n) is 16.0. The molecule has 2 rings (SSSR count). The van der Waals surface area contributed by atoms with Gasteiger partial charge >= 0.3 is 7.12 Å². The van der Waals surface area contributed by atoms with Crippen molar-refractivity contribution in [3.63, 3.8) is 0 Å². The van der Waals surface area contributed by atoms with Gasteiger partial charge in [-0.1, -0.05) is 24.3 Å². The van der Waals surface area contributed by atoms with E-state index in [2.05, 4.69) is 0 Å². The third-order valence-electron chi connectivity index (χ3n) is 4.63. The minimum Gasteiger partial charge on any atom is -0.398 e. The van der Waals surface area contributed by atoms with E-state index in [1.807, 2.05) is 65.8 Å². The van der Waals surface area contributed by atoms with Crippen LogP contribution in [0.2, 0.25) is 0 Å². The minimum absolute atomic E-state index is 0.402. The van der Waals surface area contributed by atoms with Crippen LogP contribution in [0.15, 0.2) is 30.0 Å². The van der Waals surface area contributed by atoms with Crippen LogP contribution in [-0.2, 0) is 18.8 Å². The third kappa shape index (κ3) is 4.70. The fraction of sp³-hybridized carbons (Fsp3) is 0.579. The molecule has 0 N–H and O–H groups in total. The van der Waals surface area contributed by atoms with Gasteiger partial charge < -0.3 is 18.8 Å². The molecule has 138 valence electrons. The average Bonchev–Trinajstić information content (AvgIpc) is 2.76. The molecule has 1 aromatic rings. The highest BCUT2D eigenvalue weighted by Gasteiger charge is 2.53. The summed E-state index contributed by atoms with van der Waals surface area (Å²) in [5.74, 6) is 0. The molecular weight excluding hydrogens is 322 g/mol. The normalized spacial score (nSPS) is 19.7. The van der Waals surface area contributed by atoms with Crippen molar-refractivity contribution in [2.24, 2.45) is 0 Å². The molecule has 0 radical (unpaired) electrons. The number of benzene rings is 1. The second-order valence-electron chi connectivity index (χ2n) is 7.03. The second-order valence-corrected chi connectivity index (χ2v) is 7.03. The van der Waals surface area contributed by atoms with Gasteiger partial charge in [0.15, 0.2) is 6.29 Å². The van der Waals surface area contributed by atoms with Crippen molar-refractivity contribution in [1.82, 2.24) is 0 Å². The zero-order chi connectivity index (χ0) is 18.7. The Bertz CT molecular complexity index is 576. The lowest BCUT2D eigenvalue weighted by molar-refractivity contribution is -0.140. The molecule has 4 nitrogen and oxygen atoms in total. The Hall–Kier alpha value is -1.21. The van der Waals surface area contributed by atoms with Gasteiger partial charge in [0.2, 0.25) is 0 Å². The van der Waals surface area contributed by atoms with E-state index in [9.17, 15) is 4.39 Å². The molecule has 1 fully saturated rings. The number of hydrogen-bond acceptors (Lipinski definition) is 4. The monoisotopic (exact) mass is 350 g/mol. The van der Waals surface area contributed by atoms with Crippen LogP contribution >= 0.6 is 0 Å². The molecule has 0 aromatic heterocycles. The van der Waals surface area contributed by atoms with Crippen molar-refractivity contribution in [2.45, 2.75) is 59.0 Å². The van der Waals surface area contributed by atoms with E-state index in [0.717, 1.165) is 11.1 Å². The topological polar surface area (TPSA) is 36.9 Å². The average molecular weight is 350 g/mol. The Morgan fingerprint density at radius 1 is 1.04 bits per heavy atom. The first-order chi connectivity index (χ1) is 11.7. The summed E-state index contributed by atoms with van der Waals surface area (Å²) in [6, 6.07) is 7.40. The molecule has 0 spiro atoms. The van der Waals surface area contributed by atoms with E-state index in [1.165, 1.54) is 6.08 Å². The first-order valence-electron chi connectivity index (χ1n) is 8.76. The summed E-state index contributed by atoms with van der Waals surface area (Å²) in [4.78, 5) is 0. The van der Waals surface area contributed by atoms with Gasteiger partial charge in [-0.15, -0.1) is 0 Å². The van der Waals surface area contributed by atoms with E-state index in [1.54, 1.807) is 0 Å².